The zero-order valence-electron chi connectivity index (χ0n) is 11.5. The van der Waals surface area contributed by atoms with Gasteiger partial charge in [-0.05, 0) is 40.2 Å². The number of carboxylic acids is 1. The quantitative estimate of drug-likeness (QED) is 0.617. The molecule has 0 aliphatic heterocycles. The molecule has 6 nitrogen and oxygen atoms in total. The summed E-state index contributed by atoms with van der Waals surface area (Å²) in [5.41, 5.74) is 13.5. The van der Waals surface area contributed by atoms with Crippen LogP contribution < -0.4 is 21.9 Å². The highest BCUT2D eigenvalue weighted by Crippen LogP contribution is 2.10. The molecule has 7 N–H and O–H groups in total. The minimum absolute atomic E-state index is 0.576. The molecule has 0 aliphatic rings. The van der Waals surface area contributed by atoms with Crippen molar-refractivity contribution in [1.29, 1.82) is 0 Å². The lowest BCUT2D eigenvalue weighted by Crippen LogP contribution is -2.22. The molecule has 1 unspecified atom stereocenters. The molecule has 0 heterocycles. The van der Waals surface area contributed by atoms with Crippen molar-refractivity contribution in [2.75, 3.05) is 21.1 Å². The molecule has 0 aromatic heterocycles. The Morgan fingerprint density at radius 2 is 1.44 bits per heavy atom. The maximum atomic E-state index is 10.4. The van der Waals surface area contributed by atoms with E-state index in [9.17, 15) is 4.79 Å². The molecule has 1 aromatic rings. The molecule has 0 aliphatic carbocycles. The molecule has 0 bridgehead atoms. The van der Waals surface area contributed by atoms with Gasteiger partial charge in [0.1, 0.15) is 5.75 Å². The minimum atomic E-state index is -0.959. The number of benzene rings is 1. The fourth-order valence-corrected chi connectivity index (χ4v) is 0.754. The number of para-hydroxylation sites is 1. The first kappa shape index (κ1) is 21.6. The van der Waals surface area contributed by atoms with Crippen LogP contribution in [0.3, 0.4) is 0 Å². The number of carbonyl (C=O) groups is 1. The van der Waals surface area contributed by atoms with Crippen molar-refractivity contribution in [3.63, 3.8) is 0 Å². The van der Waals surface area contributed by atoms with Gasteiger partial charge in [0.15, 0.2) is 6.10 Å². The molecule has 0 saturated carbocycles. The summed E-state index contributed by atoms with van der Waals surface area (Å²) in [7, 11) is 4.50. The summed E-state index contributed by atoms with van der Waals surface area (Å²) in [4.78, 5) is 10.4. The topological polar surface area (TPSA) is 125 Å². The second-order valence-electron chi connectivity index (χ2n) is 2.41. The van der Waals surface area contributed by atoms with E-state index in [1.54, 1.807) is 24.3 Å². The summed E-state index contributed by atoms with van der Waals surface area (Å²) in [5.74, 6) is -0.383. The van der Waals surface area contributed by atoms with Crippen molar-refractivity contribution < 1.29 is 14.6 Å². The van der Waals surface area contributed by atoms with E-state index in [2.05, 4.69) is 17.2 Å². The van der Waals surface area contributed by atoms with Crippen molar-refractivity contribution in [1.82, 2.24) is 0 Å². The van der Waals surface area contributed by atoms with Crippen LogP contribution >= 0.6 is 0 Å². The van der Waals surface area contributed by atoms with Crippen molar-refractivity contribution in [2.24, 2.45) is 17.2 Å². The first-order chi connectivity index (χ1) is 8.70. The van der Waals surface area contributed by atoms with E-state index in [1.165, 1.54) is 28.1 Å². The first-order valence-electron chi connectivity index (χ1n) is 5.38. The predicted octanol–water partition coefficient (Wildman–Crippen LogP) is 0.263. The smallest absolute Gasteiger partial charge is 0.344 e. The Labute approximate surface area is 109 Å². The predicted molar refractivity (Wildman–Crippen MR) is 74.5 cm³/mol. The lowest BCUT2D eigenvalue weighted by molar-refractivity contribution is -0.144. The van der Waals surface area contributed by atoms with Crippen LogP contribution in [0.4, 0.5) is 0 Å². The van der Waals surface area contributed by atoms with Gasteiger partial charge in [-0.1, -0.05) is 18.2 Å². The molecule has 0 spiro atoms. The maximum absolute atomic E-state index is 10.4. The van der Waals surface area contributed by atoms with Crippen LogP contribution in [0, 0.1) is 0 Å². The molecule has 0 saturated heterocycles. The molecule has 0 fully saturated rings. The third-order valence-corrected chi connectivity index (χ3v) is 1.40. The Kier molecular flexibility index (Phi) is 21.3. The fraction of sp³-hybridized carbons (Fsp3) is 0.417. The molecule has 0 amide bonds. The average molecular weight is 259 g/mol. The largest absolute Gasteiger partial charge is 0.479 e. The number of aliphatic carboxylic acids is 1. The third-order valence-electron chi connectivity index (χ3n) is 1.40. The van der Waals surface area contributed by atoms with E-state index in [0.29, 0.717) is 5.75 Å². The Bertz CT molecular complexity index is 269. The number of rotatable bonds is 3. The number of carboxylic acid groups (broad SMARTS) is 1. The van der Waals surface area contributed by atoms with Crippen molar-refractivity contribution in [2.45, 2.75) is 13.0 Å². The lowest BCUT2D eigenvalue weighted by atomic mass is 10.3. The minimum Gasteiger partial charge on any atom is -0.479 e. The summed E-state index contributed by atoms with van der Waals surface area (Å²) < 4.78 is 5.08. The van der Waals surface area contributed by atoms with Gasteiger partial charge in [0.05, 0.1) is 0 Å². The van der Waals surface area contributed by atoms with Crippen molar-refractivity contribution >= 4 is 5.97 Å². The highest BCUT2D eigenvalue weighted by Gasteiger charge is 2.11. The zero-order chi connectivity index (χ0) is 15.0. The second kappa shape index (κ2) is 17.8. The van der Waals surface area contributed by atoms with E-state index in [1.807, 2.05) is 6.07 Å². The normalized spacial score (nSPS) is 9.06. The number of hydrogen-bond donors (Lipinski definition) is 4. The van der Waals surface area contributed by atoms with Gasteiger partial charge < -0.3 is 27.0 Å². The Balaban J connectivity index is -0.000000328. The molecule has 6 heteroatoms. The van der Waals surface area contributed by atoms with Gasteiger partial charge in [-0.3, -0.25) is 0 Å². The summed E-state index contributed by atoms with van der Waals surface area (Å²) in [6.07, 6.45) is -0.799. The molecule has 0 radical (unpaired) electrons. The van der Waals surface area contributed by atoms with Gasteiger partial charge in [-0.15, -0.1) is 0 Å². The standard InChI is InChI=1S/C9H10O3.3CH5N/c1-7(9(10)11)12-8-5-3-2-4-6-8;3*1-2/h2-7H,1H3,(H,10,11);3*2H2,1H3. The Morgan fingerprint density at radius 1 is 1.06 bits per heavy atom. The summed E-state index contributed by atoms with van der Waals surface area (Å²) >= 11 is 0. The summed E-state index contributed by atoms with van der Waals surface area (Å²) in [6, 6.07) is 8.88. The second-order valence-corrected chi connectivity index (χ2v) is 2.41. The van der Waals surface area contributed by atoms with Crippen LogP contribution in [-0.4, -0.2) is 38.3 Å². The van der Waals surface area contributed by atoms with E-state index in [4.69, 9.17) is 9.84 Å². The van der Waals surface area contributed by atoms with E-state index >= 15 is 0 Å². The van der Waals surface area contributed by atoms with Crippen molar-refractivity contribution in [3.8, 4) is 5.75 Å². The molecule has 1 atom stereocenters. The molecule has 1 rings (SSSR count). The van der Waals surface area contributed by atoms with Gasteiger partial charge in [-0.2, -0.15) is 0 Å². The van der Waals surface area contributed by atoms with Crippen LogP contribution in [0.2, 0.25) is 0 Å². The molecule has 1 aromatic carbocycles. The fourth-order valence-electron chi connectivity index (χ4n) is 0.754. The van der Waals surface area contributed by atoms with E-state index in [-0.39, 0.29) is 0 Å². The monoisotopic (exact) mass is 259 g/mol. The number of hydrogen-bond acceptors (Lipinski definition) is 5. The molecule has 106 valence electrons. The lowest BCUT2D eigenvalue weighted by Gasteiger charge is -2.09. The van der Waals surface area contributed by atoms with Crippen LogP contribution in [0.15, 0.2) is 30.3 Å². The molecular formula is C12H25N3O3. The summed E-state index contributed by atoms with van der Waals surface area (Å²) in [5, 5.41) is 8.52. The van der Waals surface area contributed by atoms with Gasteiger partial charge in [0, 0.05) is 0 Å². The summed E-state index contributed by atoms with van der Waals surface area (Å²) in [6.45, 7) is 1.50. The zero-order valence-corrected chi connectivity index (χ0v) is 11.5. The average Bonchev–Trinajstić information content (AvgIpc) is 2.46. The third kappa shape index (κ3) is 12.4. The molecule has 18 heavy (non-hydrogen) atoms. The van der Waals surface area contributed by atoms with Crippen LogP contribution in [0.5, 0.6) is 5.75 Å². The van der Waals surface area contributed by atoms with Gasteiger partial charge in [0.25, 0.3) is 0 Å². The van der Waals surface area contributed by atoms with Crippen molar-refractivity contribution in [3.05, 3.63) is 30.3 Å². The first-order valence-corrected chi connectivity index (χ1v) is 5.38. The highest BCUT2D eigenvalue weighted by molar-refractivity contribution is 5.72. The number of ether oxygens (including phenoxy) is 1. The van der Waals surface area contributed by atoms with E-state index in [0.717, 1.165) is 0 Å². The number of nitrogens with two attached hydrogens (primary N) is 3. The maximum Gasteiger partial charge on any atom is 0.344 e. The Hall–Kier alpha value is -1.63. The molecular weight excluding hydrogens is 234 g/mol. The van der Waals surface area contributed by atoms with Gasteiger partial charge >= 0.3 is 5.97 Å². The van der Waals surface area contributed by atoms with Gasteiger partial charge in [0.2, 0.25) is 0 Å². The van der Waals surface area contributed by atoms with E-state index < -0.39 is 12.1 Å². The van der Waals surface area contributed by atoms with Crippen LogP contribution in [0.25, 0.3) is 0 Å². The SMILES string of the molecule is CC(Oc1ccccc1)C(=O)O.CN.CN.CN. The Morgan fingerprint density at radius 3 is 1.78 bits per heavy atom. The van der Waals surface area contributed by atoms with Crippen LogP contribution in [-0.2, 0) is 4.79 Å². The van der Waals surface area contributed by atoms with Crippen LogP contribution in [0.1, 0.15) is 6.92 Å². The highest BCUT2D eigenvalue weighted by atomic mass is 16.5. The van der Waals surface area contributed by atoms with Gasteiger partial charge in [-0.25, -0.2) is 4.79 Å².